The molecular weight excluding hydrogens is 502 g/mol. The SMILES string of the molecule is COc1cccc(/C=C2\SC(=O)N(CCOc3ccccc3Cl)C2=O)c1OC(=O)c1ccc(C)cc1. The summed E-state index contributed by atoms with van der Waals surface area (Å²) in [4.78, 5) is 39.5. The van der Waals surface area contributed by atoms with E-state index in [0.717, 1.165) is 22.2 Å². The van der Waals surface area contributed by atoms with Crippen molar-refractivity contribution in [3.8, 4) is 17.2 Å². The van der Waals surface area contributed by atoms with Crippen molar-refractivity contribution in [2.45, 2.75) is 6.92 Å². The largest absolute Gasteiger partial charge is 0.493 e. The highest BCUT2D eigenvalue weighted by Gasteiger charge is 2.35. The van der Waals surface area contributed by atoms with E-state index in [0.29, 0.717) is 27.6 Å². The van der Waals surface area contributed by atoms with Crippen molar-refractivity contribution in [2.75, 3.05) is 20.3 Å². The van der Waals surface area contributed by atoms with Gasteiger partial charge in [-0.3, -0.25) is 14.5 Å². The van der Waals surface area contributed by atoms with Crippen LogP contribution in [0.1, 0.15) is 21.5 Å². The van der Waals surface area contributed by atoms with E-state index < -0.39 is 17.1 Å². The van der Waals surface area contributed by atoms with Crippen LogP contribution in [-0.4, -0.2) is 42.3 Å². The smallest absolute Gasteiger partial charge is 0.343 e. The van der Waals surface area contributed by atoms with Crippen LogP contribution in [0, 0.1) is 6.92 Å². The highest BCUT2D eigenvalue weighted by Crippen LogP contribution is 2.37. The van der Waals surface area contributed by atoms with E-state index in [1.807, 2.05) is 19.1 Å². The highest BCUT2D eigenvalue weighted by molar-refractivity contribution is 8.18. The number of ether oxygens (including phenoxy) is 3. The zero-order chi connectivity index (χ0) is 25.7. The molecule has 4 rings (SSSR count). The Morgan fingerprint density at radius 3 is 2.44 bits per heavy atom. The Hall–Kier alpha value is -3.75. The molecule has 2 amide bonds. The van der Waals surface area contributed by atoms with Crippen LogP contribution in [0.25, 0.3) is 6.08 Å². The van der Waals surface area contributed by atoms with Crippen molar-refractivity contribution in [1.82, 2.24) is 4.90 Å². The number of benzene rings is 3. The van der Waals surface area contributed by atoms with Crippen LogP contribution >= 0.6 is 23.4 Å². The number of imide groups is 1. The van der Waals surface area contributed by atoms with Gasteiger partial charge in [-0.25, -0.2) is 4.79 Å². The van der Waals surface area contributed by atoms with Gasteiger partial charge in [0.25, 0.3) is 11.1 Å². The van der Waals surface area contributed by atoms with Crippen LogP contribution in [0.2, 0.25) is 5.02 Å². The molecule has 0 aromatic heterocycles. The molecule has 184 valence electrons. The first kappa shape index (κ1) is 25.3. The molecule has 1 heterocycles. The third-order valence-electron chi connectivity index (χ3n) is 5.28. The third-order valence-corrected chi connectivity index (χ3v) is 6.50. The maximum absolute atomic E-state index is 13.0. The van der Waals surface area contributed by atoms with E-state index in [4.69, 9.17) is 25.8 Å². The number of rotatable bonds is 8. The van der Waals surface area contributed by atoms with Crippen molar-refractivity contribution in [3.05, 3.63) is 93.3 Å². The lowest BCUT2D eigenvalue weighted by Gasteiger charge is -2.14. The molecule has 36 heavy (non-hydrogen) atoms. The molecule has 0 N–H and O–H groups in total. The van der Waals surface area contributed by atoms with Crippen LogP contribution in [-0.2, 0) is 4.79 Å². The van der Waals surface area contributed by atoms with Gasteiger partial charge in [0.1, 0.15) is 12.4 Å². The van der Waals surface area contributed by atoms with Crippen molar-refractivity contribution < 1.29 is 28.6 Å². The van der Waals surface area contributed by atoms with Gasteiger partial charge < -0.3 is 14.2 Å². The van der Waals surface area contributed by atoms with Gasteiger partial charge in [0.05, 0.1) is 29.1 Å². The van der Waals surface area contributed by atoms with Crippen LogP contribution in [0.15, 0.2) is 71.6 Å². The number of aryl methyl sites for hydroxylation is 1. The molecule has 3 aromatic carbocycles. The van der Waals surface area contributed by atoms with Gasteiger partial charge in [0.2, 0.25) is 0 Å². The normalized spacial score (nSPS) is 14.3. The number of esters is 1. The number of carbonyl (C=O) groups excluding carboxylic acids is 3. The average Bonchev–Trinajstić information content (AvgIpc) is 3.13. The van der Waals surface area contributed by atoms with E-state index >= 15 is 0 Å². The number of hydrogen-bond acceptors (Lipinski definition) is 7. The Bertz CT molecular complexity index is 1340. The Labute approximate surface area is 217 Å². The molecule has 0 spiro atoms. The van der Waals surface area contributed by atoms with Crippen molar-refractivity contribution in [1.29, 1.82) is 0 Å². The van der Waals surface area contributed by atoms with Crippen molar-refractivity contribution in [2.24, 2.45) is 0 Å². The third kappa shape index (κ3) is 5.72. The molecule has 0 unspecified atom stereocenters. The first-order valence-corrected chi connectivity index (χ1v) is 12.2. The number of nitrogens with zero attached hydrogens (tertiary/aromatic N) is 1. The van der Waals surface area contributed by atoms with E-state index in [2.05, 4.69) is 0 Å². The molecule has 0 aliphatic carbocycles. The maximum Gasteiger partial charge on any atom is 0.343 e. The van der Waals surface area contributed by atoms with E-state index in [1.54, 1.807) is 54.6 Å². The molecule has 0 bridgehead atoms. The van der Waals surface area contributed by atoms with E-state index in [9.17, 15) is 14.4 Å². The van der Waals surface area contributed by atoms with Crippen LogP contribution < -0.4 is 14.2 Å². The Kier molecular flexibility index (Phi) is 7.97. The summed E-state index contributed by atoms with van der Waals surface area (Å²) < 4.78 is 16.6. The van der Waals surface area contributed by atoms with Crippen molar-refractivity contribution in [3.63, 3.8) is 0 Å². The minimum Gasteiger partial charge on any atom is -0.493 e. The molecular formula is C27H22ClNO6S. The fourth-order valence-electron chi connectivity index (χ4n) is 3.40. The predicted molar refractivity (Wildman–Crippen MR) is 139 cm³/mol. The number of amides is 2. The first-order chi connectivity index (χ1) is 17.4. The minimum absolute atomic E-state index is 0.0562. The number of carbonyl (C=O) groups is 3. The van der Waals surface area contributed by atoms with Gasteiger partial charge in [-0.2, -0.15) is 0 Å². The van der Waals surface area contributed by atoms with Crippen LogP contribution in [0.3, 0.4) is 0 Å². The summed E-state index contributed by atoms with van der Waals surface area (Å²) in [6.45, 7) is 2.07. The summed E-state index contributed by atoms with van der Waals surface area (Å²) in [5, 5.41) is 0.0207. The fourth-order valence-corrected chi connectivity index (χ4v) is 4.45. The average molecular weight is 524 g/mol. The highest BCUT2D eigenvalue weighted by atomic mass is 35.5. The summed E-state index contributed by atoms with van der Waals surface area (Å²) >= 11 is 6.88. The fraction of sp³-hybridized carbons (Fsp3) is 0.148. The summed E-state index contributed by atoms with van der Waals surface area (Å²) in [6, 6.07) is 18.9. The standard InChI is InChI=1S/C27H22ClNO6S/c1-17-10-12-18(13-11-17)26(31)35-24-19(6-5-9-22(24)33-2)16-23-25(30)29(27(32)36-23)14-15-34-21-8-4-3-7-20(21)28/h3-13,16H,14-15H2,1-2H3/b23-16-. The monoisotopic (exact) mass is 523 g/mol. The van der Waals surface area contributed by atoms with Crippen LogP contribution in [0.4, 0.5) is 4.79 Å². The molecule has 3 aromatic rings. The van der Waals surface area contributed by atoms with Crippen molar-refractivity contribution >= 4 is 46.6 Å². The van der Waals surface area contributed by atoms with E-state index in [1.165, 1.54) is 13.2 Å². The molecule has 1 aliphatic rings. The molecule has 9 heteroatoms. The lowest BCUT2D eigenvalue weighted by atomic mass is 10.1. The lowest BCUT2D eigenvalue weighted by molar-refractivity contribution is -0.123. The summed E-state index contributed by atoms with van der Waals surface area (Å²) in [5.41, 5.74) is 1.81. The zero-order valence-electron chi connectivity index (χ0n) is 19.5. The van der Waals surface area contributed by atoms with Gasteiger partial charge in [0.15, 0.2) is 11.5 Å². The maximum atomic E-state index is 13.0. The van der Waals surface area contributed by atoms with Gasteiger partial charge in [0, 0.05) is 5.56 Å². The van der Waals surface area contributed by atoms with Crippen LogP contribution in [0.5, 0.6) is 17.2 Å². The second kappa shape index (κ2) is 11.3. The zero-order valence-corrected chi connectivity index (χ0v) is 21.1. The number of methoxy groups -OCH3 is 1. The van der Waals surface area contributed by atoms with Gasteiger partial charge in [-0.15, -0.1) is 0 Å². The van der Waals surface area contributed by atoms with Gasteiger partial charge in [-0.1, -0.05) is 53.6 Å². The second-order valence-corrected chi connectivity index (χ2v) is 9.15. The van der Waals surface area contributed by atoms with Gasteiger partial charge >= 0.3 is 5.97 Å². The Morgan fingerprint density at radius 1 is 1.00 bits per heavy atom. The second-order valence-electron chi connectivity index (χ2n) is 7.75. The molecule has 1 saturated heterocycles. The molecule has 1 fully saturated rings. The number of thioether (sulfide) groups is 1. The topological polar surface area (TPSA) is 82.1 Å². The van der Waals surface area contributed by atoms with E-state index in [-0.39, 0.29) is 23.8 Å². The molecule has 0 atom stereocenters. The summed E-state index contributed by atoms with van der Waals surface area (Å²) in [7, 11) is 1.45. The lowest BCUT2D eigenvalue weighted by Crippen LogP contribution is -2.32. The predicted octanol–water partition coefficient (Wildman–Crippen LogP) is 5.99. The number of hydrogen-bond donors (Lipinski definition) is 0. The first-order valence-electron chi connectivity index (χ1n) is 11.0. The quantitative estimate of drug-likeness (QED) is 0.204. The Balaban J connectivity index is 1.52. The number of halogens is 1. The molecule has 7 nitrogen and oxygen atoms in total. The Morgan fingerprint density at radius 2 is 1.72 bits per heavy atom. The number of para-hydroxylation sites is 2. The minimum atomic E-state index is -0.570. The summed E-state index contributed by atoms with van der Waals surface area (Å²) in [6.07, 6.45) is 1.51. The van der Waals surface area contributed by atoms with Gasteiger partial charge in [-0.05, 0) is 55.1 Å². The molecule has 1 aliphatic heterocycles. The molecule has 0 saturated carbocycles. The summed E-state index contributed by atoms with van der Waals surface area (Å²) in [5.74, 6) is -0.0977. The molecule has 0 radical (unpaired) electrons.